The van der Waals surface area contributed by atoms with E-state index in [0.29, 0.717) is 24.8 Å². The van der Waals surface area contributed by atoms with E-state index in [1.165, 1.54) is 11.1 Å². The molecule has 21 heavy (non-hydrogen) atoms. The summed E-state index contributed by atoms with van der Waals surface area (Å²) in [6.07, 6.45) is 4.31. The minimum atomic E-state index is -0.0454. The molecule has 1 N–H and O–H groups in total. The molecular weight excluding hydrogens is 262 g/mol. The lowest BCUT2D eigenvalue weighted by Crippen LogP contribution is -2.26. The van der Waals surface area contributed by atoms with Gasteiger partial charge in [-0.3, -0.25) is 4.79 Å². The predicted molar refractivity (Wildman–Crippen MR) is 86.7 cm³/mol. The molecule has 0 aliphatic carbocycles. The van der Waals surface area contributed by atoms with Crippen LogP contribution in [0.3, 0.4) is 0 Å². The van der Waals surface area contributed by atoms with E-state index in [9.17, 15) is 4.79 Å². The first kappa shape index (κ1) is 15.3. The normalized spacial score (nSPS) is 10.9. The van der Waals surface area contributed by atoms with Gasteiger partial charge in [-0.1, -0.05) is 38.1 Å². The number of anilines is 1. The van der Waals surface area contributed by atoms with Gasteiger partial charge in [0.1, 0.15) is 0 Å². The van der Waals surface area contributed by atoms with Gasteiger partial charge in [0.15, 0.2) is 5.82 Å². The number of nitrogens with zero attached hydrogens (tertiary/aromatic N) is 2. The van der Waals surface area contributed by atoms with Crippen LogP contribution in [0.15, 0.2) is 41.5 Å². The Bertz CT molecular complexity index is 646. The molecular formula is C17H23N3O. The molecule has 0 atom stereocenters. The Labute approximate surface area is 125 Å². The quantitative estimate of drug-likeness (QED) is 0.887. The molecule has 1 aromatic heterocycles. The highest BCUT2D eigenvalue weighted by atomic mass is 16.1. The lowest BCUT2D eigenvalue weighted by Gasteiger charge is -2.11. The van der Waals surface area contributed by atoms with Crippen LogP contribution in [0.2, 0.25) is 0 Å². The Hall–Kier alpha value is -2.10. The van der Waals surface area contributed by atoms with E-state index in [-0.39, 0.29) is 5.56 Å². The van der Waals surface area contributed by atoms with Gasteiger partial charge in [-0.25, -0.2) is 4.98 Å². The standard InChI is InChI=1S/C17H23N3O/c1-13(2)12-20-11-10-19-16(17(20)21)18-9-8-15-7-5-4-6-14(15)3/h4-7,10-11,13H,8-9,12H2,1-3H3,(H,18,19). The lowest BCUT2D eigenvalue weighted by molar-refractivity contribution is 0.509. The molecule has 112 valence electrons. The third kappa shape index (κ3) is 4.18. The van der Waals surface area contributed by atoms with Gasteiger partial charge >= 0.3 is 0 Å². The monoisotopic (exact) mass is 285 g/mol. The van der Waals surface area contributed by atoms with Gasteiger partial charge in [0.25, 0.3) is 5.56 Å². The molecule has 1 aromatic carbocycles. The molecule has 2 rings (SSSR count). The van der Waals surface area contributed by atoms with Crippen molar-refractivity contribution in [3.05, 3.63) is 58.1 Å². The van der Waals surface area contributed by atoms with Crippen LogP contribution in [0.4, 0.5) is 5.82 Å². The summed E-state index contributed by atoms with van der Waals surface area (Å²) >= 11 is 0. The first-order valence-corrected chi connectivity index (χ1v) is 7.41. The number of rotatable bonds is 6. The first-order chi connectivity index (χ1) is 10.1. The van der Waals surface area contributed by atoms with Crippen LogP contribution in [-0.4, -0.2) is 16.1 Å². The van der Waals surface area contributed by atoms with Gasteiger partial charge in [0, 0.05) is 25.5 Å². The average Bonchev–Trinajstić information content (AvgIpc) is 2.44. The largest absolute Gasteiger partial charge is 0.365 e. The summed E-state index contributed by atoms with van der Waals surface area (Å²) < 4.78 is 1.72. The van der Waals surface area contributed by atoms with Crippen LogP contribution in [0.5, 0.6) is 0 Å². The molecule has 4 heteroatoms. The van der Waals surface area contributed by atoms with Gasteiger partial charge in [-0.05, 0) is 30.4 Å². The van der Waals surface area contributed by atoms with E-state index in [4.69, 9.17) is 0 Å². The summed E-state index contributed by atoms with van der Waals surface area (Å²) in [4.78, 5) is 16.4. The Morgan fingerprint density at radius 3 is 2.76 bits per heavy atom. The maximum Gasteiger partial charge on any atom is 0.293 e. The summed E-state index contributed by atoms with van der Waals surface area (Å²) in [6, 6.07) is 8.30. The Morgan fingerprint density at radius 1 is 1.29 bits per heavy atom. The number of benzene rings is 1. The van der Waals surface area contributed by atoms with Crippen molar-refractivity contribution in [3.8, 4) is 0 Å². The van der Waals surface area contributed by atoms with E-state index in [1.807, 2.05) is 12.1 Å². The molecule has 0 aliphatic rings. The van der Waals surface area contributed by atoms with E-state index in [0.717, 1.165) is 6.42 Å². The highest BCUT2D eigenvalue weighted by molar-refractivity contribution is 5.32. The van der Waals surface area contributed by atoms with Crippen molar-refractivity contribution in [2.24, 2.45) is 5.92 Å². The summed E-state index contributed by atoms with van der Waals surface area (Å²) in [5.74, 6) is 0.872. The Balaban J connectivity index is 2.01. The summed E-state index contributed by atoms with van der Waals surface area (Å²) in [5.41, 5.74) is 2.52. The van der Waals surface area contributed by atoms with Gasteiger partial charge in [0.2, 0.25) is 0 Å². The van der Waals surface area contributed by atoms with Gasteiger partial charge in [-0.2, -0.15) is 0 Å². The minimum absolute atomic E-state index is 0.0454. The molecule has 0 radical (unpaired) electrons. The van der Waals surface area contributed by atoms with E-state index in [1.54, 1.807) is 17.0 Å². The zero-order chi connectivity index (χ0) is 15.2. The molecule has 0 saturated carbocycles. The number of hydrogen-bond donors (Lipinski definition) is 1. The maximum absolute atomic E-state index is 12.3. The average molecular weight is 285 g/mol. The fourth-order valence-electron chi connectivity index (χ4n) is 2.31. The second kappa shape index (κ2) is 7.07. The van der Waals surface area contributed by atoms with Crippen molar-refractivity contribution in [3.63, 3.8) is 0 Å². The third-order valence-electron chi connectivity index (χ3n) is 3.42. The highest BCUT2D eigenvalue weighted by Crippen LogP contribution is 2.07. The summed E-state index contributed by atoms with van der Waals surface area (Å²) in [7, 11) is 0. The van der Waals surface area contributed by atoms with Gasteiger partial charge < -0.3 is 9.88 Å². The van der Waals surface area contributed by atoms with Crippen molar-refractivity contribution in [2.45, 2.75) is 33.7 Å². The van der Waals surface area contributed by atoms with E-state index >= 15 is 0 Å². The second-order valence-electron chi connectivity index (χ2n) is 5.73. The van der Waals surface area contributed by atoms with Crippen LogP contribution in [-0.2, 0) is 13.0 Å². The Morgan fingerprint density at radius 2 is 2.05 bits per heavy atom. The third-order valence-corrected chi connectivity index (χ3v) is 3.42. The zero-order valence-corrected chi connectivity index (χ0v) is 13.0. The molecule has 2 aromatic rings. The van der Waals surface area contributed by atoms with E-state index in [2.05, 4.69) is 43.2 Å². The molecule has 0 aliphatic heterocycles. The fraction of sp³-hybridized carbons (Fsp3) is 0.412. The van der Waals surface area contributed by atoms with Crippen molar-refractivity contribution in [1.29, 1.82) is 0 Å². The molecule has 0 fully saturated rings. The van der Waals surface area contributed by atoms with E-state index < -0.39 is 0 Å². The summed E-state index contributed by atoms with van der Waals surface area (Å²) in [5, 5.41) is 3.16. The van der Waals surface area contributed by atoms with Gasteiger partial charge in [0.05, 0.1) is 0 Å². The lowest BCUT2D eigenvalue weighted by atomic mass is 10.1. The zero-order valence-electron chi connectivity index (χ0n) is 13.0. The second-order valence-corrected chi connectivity index (χ2v) is 5.73. The smallest absolute Gasteiger partial charge is 0.293 e. The molecule has 1 heterocycles. The molecule has 0 bridgehead atoms. The van der Waals surface area contributed by atoms with Crippen LogP contribution in [0.1, 0.15) is 25.0 Å². The van der Waals surface area contributed by atoms with Crippen LogP contribution in [0, 0.1) is 12.8 Å². The fourth-order valence-corrected chi connectivity index (χ4v) is 2.31. The summed E-state index contributed by atoms with van der Waals surface area (Å²) in [6.45, 7) is 7.72. The molecule has 4 nitrogen and oxygen atoms in total. The van der Waals surface area contributed by atoms with Crippen LogP contribution < -0.4 is 10.9 Å². The van der Waals surface area contributed by atoms with Crippen molar-refractivity contribution in [2.75, 3.05) is 11.9 Å². The SMILES string of the molecule is Cc1ccccc1CCNc1nccn(CC(C)C)c1=O. The molecule has 0 spiro atoms. The maximum atomic E-state index is 12.3. The molecule has 0 amide bonds. The highest BCUT2D eigenvalue weighted by Gasteiger charge is 2.06. The topological polar surface area (TPSA) is 46.9 Å². The number of aromatic nitrogens is 2. The van der Waals surface area contributed by atoms with Crippen LogP contribution >= 0.6 is 0 Å². The number of hydrogen-bond acceptors (Lipinski definition) is 3. The van der Waals surface area contributed by atoms with Crippen LogP contribution in [0.25, 0.3) is 0 Å². The van der Waals surface area contributed by atoms with Gasteiger partial charge in [-0.15, -0.1) is 0 Å². The minimum Gasteiger partial charge on any atom is -0.365 e. The molecule has 0 saturated heterocycles. The predicted octanol–water partition coefficient (Wildman–Crippen LogP) is 2.86. The number of aryl methyl sites for hydroxylation is 1. The Kier molecular flexibility index (Phi) is 5.14. The first-order valence-electron chi connectivity index (χ1n) is 7.41. The molecule has 0 unspecified atom stereocenters. The van der Waals surface area contributed by atoms with Crippen molar-refractivity contribution in [1.82, 2.24) is 9.55 Å². The van der Waals surface area contributed by atoms with Crippen molar-refractivity contribution >= 4 is 5.82 Å². The van der Waals surface area contributed by atoms with Crippen molar-refractivity contribution < 1.29 is 0 Å². The number of nitrogens with one attached hydrogen (secondary N) is 1.